The molecule has 0 fully saturated rings. The molecule has 0 aliphatic carbocycles. The summed E-state index contributed by atoms with van der Waals surface area (Å²) in [5.74, 6) is -6.15. The minimum atomic E-state index is -1.59. The van der Waals surface area contributed by atoms with Crippen molar-refractivity contribution in [3.05, 3.63) is 102 Å². The third-order valence-electron chi connectivity index (χ3n) is 5.39. The van der Waals surface area contributed by atoms with E-state index < -0.39 is 40.7 Å². The number of carbonyl (C=O) groups excluding carboxylic acids is 1. The Kier molecular flexibility index (Phi) is 6.56. The molecule has 7 nitrogen and oxygen atoms in total. The van der Waals surface area contributed by atoms with Gasteiger partial charge in [0, 0.05) is 35.3 Å². The van der Waals surface area contributed by atoms with E-state index in [4.69, 9.17) is 4.74 Å². The highest BCUT2D eigenvalue weighted by Crippen LogP contribution is 2.35. The molecule has 0 bridgehead atoms. The highest BCUT2D eigenvalue weighted by Gasteiger charge is 2.23. The average Bonchev–Trinajstić information content (AvgIpc) is 2.89. The van der Waals surface area contributed by atoms with Crippen molar-refractivity contribution in [2.24, 2.45) is 0 Å². The molecule has 5 aromatic rings. The second-order valence-electron chi connectivity index (χ2n) is 8.15. The fourth-order valence-corrected chi connectivity index (χ4v) is 3.54. The lowest BCUT2D eigenvalue weighted by atomic mass is 10.2. The average molecular weight is 519 g/mol. The molecule has 11 heteroatoms. The molecule has 3 aromatic carbocycles. The van der Waals surface area contributed by atoms with Gasteiger partial charge in [-0.15, -0.1) is 0 Å². The van der Waals surface area contributed by atoms with Crippen LogP contribution >= 0.6 is 0 Å². The summed E-state index contributed by atoms with van der Waals surface area (Å²) >= 11 is 0. The Labute approximate surface area is 213 Å². The van der Waals surface area contributed by atoms with Gasteiger partial charge in [-0.2, -0.15) is 4.39 Å². The number of hydrogen-bond donors (Lipinski definition) is 2. The third kappa shape index (κ3) is 5.21. The van der Waals surface area contributed by atoms with E-state index in [1.165, 1.54) is 36.4 Å². The van der Waals surface area contributed by atoms with Crippen molar-refractivity contribution in [2.45, 2.75) is 6.92 Å². The largest absolute Gasteiger partial charge is 0.451 e. The van der Waals surface area contributed by atoms with Crippen molar-refractivity contribution in [3.8, 4) is 22.8 Å². The van der Waals surface area contributed by atoms with Crippen LogP contribution in [-0.2, 0) is 0 Å². The molecule has 2 heterocycles. The first-order chi connectivity index (χ1) is 18.3. The maximum Gasteiger partial charge on any atom is 0.323 e. The molecule has 2 amide bonds. The zero-order chi connectivity index (χ0) is 26.8. The number of benzene rings is 3. The smallest absolute Gasteiger partial charge is 0.323 e. The molecule has 38 heavy (non-hydrogen) atoms. The Morgan fingerprint density at radius 3 is 2.45 bits per heavy atom. The molecule has 2 N–H and O–H groups in total. The van der Waals surface area contributed by atoms with Crippen LogP contribution in [0.4, 0.5) is 33.7 Å². The highest BCUT2D eigenvalue weighted by molar-refractivity contribution is 6.00. The standard InChI is InChI=1S/C27H17F4N5O2/c1-14-5-6-15(12-32-14)23-13-33-20-8-7-18(10-21(20)35-23)38-26-24(30)19(29)11-22(25(26)31)36-27(37)34-17-4-2-3-16(28)9-17/h2-13H,1H3,(H2,34,36,37). The van der Waals surface area contributed by atoms with Gasteiger partial charge < -0.3 is 15.4 Å². The zero-order valence-corrected chi connectivity index (χ0v) is 19.6. The van der Waals surface area contributed by atoms with Crippen LogP contribution < -0.4 is 15.4 Å². The first-order valence-corrected chi connectivity index (χ1v) is 11.2. The lowest BCUT2D eigenvalue weighted by Crippen LogP contribution is -2.20. The van der Waals surface area contributed by atoms with E-state index in [0.29, 0.717) is 28.4 Å². The molecule has 190 valence electrons. The van der Waals surface area contributed by atoms with Crippen LogP contribution in [-0.4, -0.2) is 21.0 Å². The number of anilines is 2. The molecule has 0 aliphatic rings. The second kappa shape index (κ2) is 10.1. The van der Waals surface area contributed by atoms with Gasteiger partial charge in [0.2, 0.25) is 11.6 Å². The summed E-state index contributed by atoms with van der Waals surface area (Å²) in [7, 11) is 0. The van der Waals surface area contributed by atoms with Crippen molar-refractivity contribution in [1.29, 1.82) is 0 Å². The van der Waals surface area contributed by atoms with Gasteiger partial charge in [0.25, 0.3) is 0 Å². The predicted octanol–water partition coefficient (Wildman–Crippen LogP) is 6.99. The number of urea groups is 1. The summed E-state index contributed by atoms with van der Waals surface area (Å²) in [6.45, 7) is 1.85. The summed E-state index contributed by atoms with van der Waals surface area (Å²) in [4.78, 5) is 25.3. The summed E-state index contributed by atoms with van der Waals surface area (Å²) in [6.07, 6.45) is 3.20. The summed E-state index contributed by atoms with van der Waals surface area (Å²) < 4.78 is 62.7. The number of aromatic nitrogens is 3. The van der Waals surface area contributed by atoms with E-state index in [-0.39, 0.29) is 11.4 Å². The minimum Gasteiger partial charge on any atom is -0.451 e. The molecule has 0 atom stereocenters. The number of aryl methyl sites for hydroxylation is 1. The van der Waals surface area contributed by atoms with Crippen LogP contribution in [0.3, 0.4) is 0 Å². The predicted molar refractivity (Wildman–Crippen MR) is 133 cm³/mol. The number of halogens is 4. The van der Waals surface area contributed by atoms with Gasteiger partial charge in [-0.05, 0) is 49.4 Å². The molecule has 0 spiro atoms. The van der Waals surface area contributed by atoms with E-state index in [2.05, 4.69) is 25.6 Å². The molecule has 2 aromatic heterocycles. The fourth-order valence-electron chi connectivity index (χ4n) is 3.54. The SMILES string of the molecule is Cc1ccc(-c2cnc3ccc(Oc4c(F)c(F)cc(NC(=O)Nc5cccc(F)c5)c4F)cc3n2)cn1. The van der Waals surface area contributed by atoms with Crippen molar-refractivity contribution < 1.29 is 27.1 Å². The lowest BCUT2D eigenvalue weighted by Gasteiger charge is -2.14. The molecule has 0 aliphatic heterocycles. The number of fused-ring (bicyclic) bond motifs is 1. The van der Waals surface area contributed by atoms with Gasteiger partial charge in [-0.1, -0.05) is 6.07 Å². The second-order valence-corrected chi connectivity index (χ2v) is 8.15. The molecule has 0 saturated carbocycles. The number of ether oxygens (including phenoxy) is 1. The van der Waals surface area contributed by atoms with Crippen LogP contribution in [0, 0.1) is 30.2 Å². The van der Waals surface area contributed by atoms with Crippen molar-refractivity contribution >= 4 is 28.4 Å². The normalized spacial score (nSPS) is 10.9. The van der Waals surface area contributed by atoms with Crippen molar-refractivity contribution in [1.82, 2.24) is 15.0 Å². The van der Waals surface area contributed by atoms with Gasteiger partial charge in [-0.3, -0.25) is 9.97 Å². The third-order valence-corrected chi connectivity index (χ3v) is 5.39. The van der Waals surface area contributed by atoms with Gasteiger partial charge in [-0.25, -0.2) is 22.9 Å². The van der Waals surface area contributed by atoms with Crippen LogP contribution in [0.15, 0.2) is 73.1 Å². The highest BCUT2D eigenvalue weighted by atomic mass is 19.2. The maximum absolute atomic E-state index is 15.1. The molecule has 5 rings (SSSR count). The Morgan fingerprint density at radius 1 is 0.842 bits per heavy atom. The van der Waals surface area contributed by atoms with Crippen LogP contribution in [0.5, 0.6) is 11.5 Å². The topological polar surface area (TPSA) is 89.0 Å². The summed E-state index contributed by atoms with van der Waals surface area (Å²) in [6, 6.07) is 12.3. The number of pyridine rings is 1. The Balaban J connectivity index is 1.42. The summed E-state index contributed by atoms with van der Waals surface area (Å²) in [5, 5.41) is 4.34. The lowest BCUT2D eigenvalue weighted by molar-refractivity contribution is 0.262. The number of rotatable bonds is 5. The Hall–Kier alpha value is -5.06. The van der Waals surface area contributed by atoms with Gasteiger partial charge in [0.15, 0.2) is 11.6 Å². The van der Waals surface area contributed by atoms with Crippen molar-refractivity contribution in [3.63, 3.8) is 0 Å². The number of amides is 2. The molecule has 0 unspecified atom stereocenters. The van der Waals surface area contributed by atoms with E-state index >= 15 is 4.39 Å². The maximum atomic E-state index is 15.1. The molecule has 0 saturated heterocycles. The number of nitrogens with one attached hydrogen (secondary N) is 2. The van der Waals surface area contributed by atoms with E-state index in [1.807, 2.05) is 19.1 Å². The Bertz CT molecular complexity index is 1680. The quantitative estimate of drug-likeness (QED) is 0.193. The number of nitrogens with zero attached hydrogens (tertiary/aromatic N) is 3. The monoisotopic (exact) mass is 519 g/mol. The van der Waals surface area contributed by atoms with E-state index in [0.717, 1.165) is 11.8 Å². The van der Waals surface area contributed by atoms with E-state index in [1.54, 1.807) is 12.4 Å². The van der Waals surface area contributed by atoms with Gasteiger partial charge in [0.1, 0.15) is 11.6 Å². The Morgan fingerprint density at radius 2 is 1.68 bits per heavy atom. The molecule has 0 radical (unpaired) electrons. The minimum absolute atomic E-state index is 0.0513. The van der Waals surface area contributed by atoms with Crippen LogP contribution in [0.2, 0.25) is 0 Å². The molecular weight excluding hydrogens is 502 g/mol. The number of carbonyl (C=O) groups is 1. The molecular formula is C27H17F4N5O2. The van der Waals surface area contributed by atoms with E-state index in [9.17, 15) is 18.0 Å². The first kappa shape index (κ1) is 24.6. The zero-order valence-electron chi connectivity index (χ0n) is 19.6. The number of hydrogen-bond acceptors (Lipinski definition) is 5. The summed E-state index contributed by atoms with van der Waals surface area (Å²) in [5.41, 5.74) is 2.27. The van der Waals surface area contributed by atoms with Crippen LogP contribution in [0.25, 0.3) is 22.3 Å². The van der Waals surface area contributed by atoms with Crippen LogP contribution in [0.1, 0.15) is 5.69 Å². The fraction of sp³-hybridized carbons (Fsp3) is 0.0370. The van der Waals surface area contributed by atoms with Crippen molar-refractivity contribution in [2.75, 3.05) is 10.6 Å². The van der Waals surface area contributed by atoms with Gasteiger partial charge in [0.05, 0.1) is 28.6 Å². The van der Waals surface area contributed by atoms with Gasteiger partial charge >= 0.3 is 6.03 Å². The first-order valence-electron chi connectivity index (χ1n) is 11.2.